The van der Waals surface area contributed by atoms with E-state index in [1.165, 1.54) is 24.2 Å². The van der Waals surface area contributed by atoms with Gasteiger partial charge in [0, 0.05) is 11.4 Å². The van der Waals surface area contributed by atoms with Crippen LogP contribution in [0, 0.1) is 5.41 Å². The second kappa shape index (κ2) is 4.96. The van der Waals surface area contributed by atoms with Crippen molar-refractivity contribution >= 4 is 22.7 Å². The highest BCUT2D eigenvalue weighted by Crippen LogP contribution is 2.34. The number of amidine groups is 1. The van der Waals surface area contributed by atoms with Crippen LogP contribution in [0.5, 0.6) is 0 Å². The van der Waals surface area contributed by atoms with Gasteiger partial charge >= 0.3 is 0 Å². The van der Waals surface area contributed by atoms with E-state index in [0.29, 0.717) is 29.8 Å². The third-order valence-corrected chi connectivity index (χ3v) is 4.93. The van der Waals surface area contributed by atoms with Gasteiger partial charge in [-0.2, -0.15) is 0 Å². The Hall–Kier alpha value is -1.36. The van der Waals surface area contributed by atoms with E-state index in [1.54, 1.807) is 0 Å². The third-order valence-electron chi connectivity index (χ3n) is 4.03. The van der Waals surface area contributed by atoms with Crippen LogP contribution in [0.3, 0.4) is 0 Å². The number of rotatable bonds is 3. The monoisotopic (exact) mass is 277 g/mol. The summed E-state index contributed by atoms with van der Waals surface area (Å²) in [7, 11) is 0. The Morgan fingerprint density at radius 1 is 1.47 bits per heavy atom. The largest absolute Gasteiger partial charge is 0.510 e. The second-order valence-electron chi connectivity index (χ2n) is 5.23. The van der Waals surface area contributed by atoms with Gasteiger partial charge in [0.15, 0.2) is 0 Å². The standard InChI is InChI=1S/C14H19N3OS/c1-2-9-8-19-14(16-9)12-11(18)7-17(13(12)15)10-5-3-4-6-10/h8,10,15,18H,2-7H2,1H3. The first-order valence-electron chi connectivity index (χ1n) is 6.93. The molecule has 0 radical (unpaired) electrons. The lowest BCUT2D eigenvalue weighted by Crippen LogP contribution is -2.35. The van der Waals surface area contributed by atoms with Crippen molar-refractivity contribution in [3.63, 3.8) is 0 Å². The zero-order valence-electron chi connectivity index (χ0n) is 11.1. The Balaban J connectivity index is 1.85. The van der Waals surface area contributed by atoms with Crippen molar-refractivity contribution in [2.45, 2.75) is 45.1 Å². The average molecular weight is 277 g/mol. The normalized spacial score (nSPS) is 20.9. The van der Waals surface area contributed by atoms with Crippen LogP contribution in [0.4, 0.5) is 0 Å². The number of thiazole rings is 1. The van der Waals surface area contributed by atoms with Crippen LogP contribution in [0.1, 0.15) is 43.3 Å². The molecular formula is C14H19N3OS. The minimum atomic E-state index is 0.314. The number of nitrogens with one attached hydrogen (secondary N) is 1. The van der Waals surface area contributed by atoms with Crippen molar-refractivity contribution in [2.24, 2.45) is 0 Å². The summed E-state index contributed by atoms with van der Waals surface area (Å²) in [6.07, 6.45) is 5.65. The van der Waals surface area contributed by atoms with Gasteiger partial charge in [0.2, 0.25) is 0 Å². The first-order valence-corrected chi connectivity index (χ1v) is 7.81. The van der Waals surface area contributed by atoms with Crippen molar-refractivity contribution in [1.29, 1.82) is 5.41 Å². The quantitative estimate of drug-likeness (QED) is 0.892. The maximum Gasteiger partial charge on any atom is 0.135 e. The minimum Gasteiger partial charge on any atom is -0.510 e. The molecule has 0 aromatic carbocycles. The van der Waals surface area contributed by atoms with E-state index in [4.69, 9.17) is 5.41 Å². The fourth-order valence-electron chi connectivity index (χ4n) is 2.94. The maximum atomic E-state index is 10.2. The van der Waals surface area contributed by atoms with Gasteiger partial charge in [-0.15, -0.1) is 11.3 Å². The summed E-state index contributed by atoms with van der Waals surface area (Å²) in [6, 6.07) is 0.428. The van der Waals surface area contributed by atoms with E-state index in [1.807, 2.05) is 10.3 Å². The van der Waals surface area contributed by atoms with Crippen molar-refractivity contribution < 1.29 is 5.11 Å². The molecule has 2 heterocycles. The van der Waals surface area contributed by atoms with Crippen molar-refractivity contribution in [3.8, 4) is 0 Å². The van der Waals surface area contributed by atoms with Gasteiger partial charge in [-0.1, -0.05) is 19.8 Å². The van der Waals surface area contributed by atoms with Gasteiger partial charge < -0.3 is 10.0 Å². The maximum absolute atomic E-state index is 10.2. The number of hydrogen-bond donors (Lipinski definition) is 2. The molecule has 5 heteroatoms. The predicted octanol–water partition coefficient (Wildman–Crippen LogP) is 3.21. The molecule has 0 saturated heterocycles. The molecule has 2 N–H and O–H groups in total. The molecule has 1 aliphatic heterocycles. The van der Waals surface area contributed by atoms with Crippen LogP contribution in [-0.4, -0.2) is 33.4 Å². The smallest absolute Gasteiger partial charge is 0.135 e. The summed E-state index contributed by atoms with van der Waals surface area (Å²) < 4.78 is 0. The van der Waals surface area contributed by atoms with E-state index < -0.39 is 0 Å². The van der Waals surface area contributed by atoms with Crippen LogP contribution in [0.15, 0.2) is 11.1 Å². The number of nitrogens with zero attached hydrogens (tertiary/aromatic N) is 2. The topological polar surface area (TPSA) is 60.2 Å². The first-order chi connectivity index (χ1) is 9.20. The van der Waals surface area contributed by atoms with E-state index in [0.717, 1.165) is 30.0 Å². The molecule has 4 nitrogen and oxygen atoms in total. The van der Waals surface area contributed by atoms with Gasteiger partial charge in [0.1, 0.15) is 16.6 Å². The van der Waals surface area contributed by atoms with E-state index >= 15 is 0 Å². The lowest BCUT2D eigenvalue weighted by molar-refractivity contribution is 0.296. The molecule has 1 saturated carbocycles. The van der Waals surface area contributed by atoms with E-state index in [-0.39, 0.29) is 0 Å². The predicted molar refractivity (Wildman–Crippen MR) is 77.7 cm³/mol. The molecule has 0 bridgehead atoms. The summed E-state index contributed by atoms with van der Waals surface area (Å²) in [5.41, 5.74) is 1.68. The lowest BCUT2D eigenvalue weighted by atomic mass is 10.2. The van der Waals surface area contributed by atoms with Crippen LogP contribution in [0.25, 0.3) is 5.57 Å². The molecule has 1 aliphatic carbocycles. The summed E-state index contributed by atoms with van der Waals surface area (Å²) in [4.78, 5) is 6.55. The molecule has 2 aliphatic rings. The molecular weight excluding hydrogens is 258 g/mol. The summed E-state index contributed by atoms with van der Waals surface area (Å²) in [6.45, 7) is 2.55. The highest BCUT2D eigenvalue weighted by Gasteiger charge is 2.35. The summed E-state index contributed by atoms with van der Waals surface area (Å²) in [5.74, 6) is 0.773. The zero-order chi connectivity index (χ0) is 13.4. The van der Waals surface area contributed by atoms with Crippen molar-refractivity contribution in [1.82, 2.24) is 9.88 Å². The third kappa shape index (κ3) is 2.16. The lowest BCUT2D eigenvalue weighted by Gasteiger charge is -2.25. The molecule has 1 aromatic heterocycles. The first kappa shape index (κ1) is 12.7. The number of hydrogen-bond acceptors (Lipinski definition) is 4. The molecule has 1 aromatic rings. The Morgan fingerprint density at radius 2 is 2.21 bits per heavy atom. The highest BCUT2D eigenvalue weighted by atomic mass is 32.1. The Kier molecular flexibility index (Phi) is 3.31. The number of aliphatic hydroxyl groups is 1. The Bertz CT molecular complexity index is 529. The SMILES string of the molecule is CCc1csc(C2=C(O)CN(C3CCCC3)C2=N)n1. The minimum absolute atomic E-state index is 0.314. The Morgan fingerprint density at radius 3 is 2.84 bits per heavy atom. The van der Waals surface area contributed by atoms with Gasteiger partial charge in [-0.3, -0.25) is 5.41 Å². The van der Waals surface area contributed by atoms with Crippen LogP contribution in [-0.2, 0) is 6.42 Å². The summed E-state index contributed by atoms with van der Waals surface area (Å²) >= 11 is 1.53. The highest BCUT2D eigenvalue weighted by molar-refractivity contribution is 7.11. The van der Waals surface area contributed by atoms with Crippen LogP contribution < -0.4 is 0 Å². The molecule has 3 rings (SSSR count). The number of aliphatic hydroxyl groups excluding tert-OH is 1. The van der Waals surface area contributed by atoms with Gasteiger partial charge in [-0.25, -0.2) is 4.98 Å². The summed E-state index contributed by atoms with van der Waals surface area (Å²) in [5, 5.41) is 21.3. The van der Waals surface area contributed by atoms with Crippen molar-refractivity contribution in [3.05, 3.63) is 21.8 Å². The number of aryl methyl sites for hydroxylation is 1. The van der Waals surface area contributed by atoms with Gasteiger partial charge in [0.05, 0.1) is 17.8 Å². The molecule has 0 amide bonds. The fraction of sp³-hybridized carbons (Fsp3) is 0.571. The van der Waals surface area contributed by atoms with E-state index in [9.17, 15) is 5.11 Å². The van der Waals surface area contributed by atoms with Crippen LogP contribution in [0.2, 0.25) is 0 Å². The van der Waals surface area contributed by atoms with E-state index in [2.05, 4.69) is 11.9 Å². The Labute approximate surface area is 117 Å². The second-order valence-corrected chi connectivity index (χ2v) is 6.09. The molecule has 1 fully saturated rings. The van der Waals surface area contributed by atoms with Crippen molar-refractivity contribution in [2.75, 3.05) is 6.54 Å². The molecule has 102 valence electrons. The molecule has 19 heavy (non-hydrogen) atoms. The zero-order valence-corrected chi connectivity index (χ0v) is 12.0. The van der Waals surface area contributed by atoms with Gasteiger partial charge in [-0.05, 0) is 19.3 Å². The number of aromatic nitrogens is 1. The molecule has 0 unspecified atom stereocenters. The fourth-order valence-corrected chi connectivity index (χ4v) is 3.91. The van der Waals surface area contributed by atoms with Crippen LogP contribution >= 0.6 is 11.3 Å². The molecule has 0 atom stereocenters. The molecule has 0 spiro atoms. The average Bonchev–Trinajstić information content (AvgIpc) is 3.09. The van der Waals surface area contributed by atoms with Gasteiger partial charge in [0.25, 0.3) is 0 Å².